The number of aromatic nitrogens is 2. The second-order valence-corrected chi connectivity index (χ2v) is 9.34. The van der Waals surface area contributed by atoms with Gasteiger partial charge in [-0.3, -0.25) is 15.1 Å². The van der Waals surface area contributed by atoms with Crippen molar-refractivity contribution >= 4 is 32.4 Å². The zero-order valence-electron chi connectivity index (χ0n) is 15.1. The molecule has 1 fully saturated rings. The smallest absolute Gasteiger partial charge is 0.257 e. The van der Waals surface area contributed by atoms with Gasteiger partial charge in [-0.2, -0.15) is 4.31 Å². The van der Waals surface area contributed by atoms with Gasteiger partial charge in [-0.15, -0.1) is 11.3 Å². The number of amides is 1. The van der Waals surface area contributed by atoms with Crippen LogP contribution >= 0.6 is 11.3 Å². The molecular weight excluding hydrogens is 396 g/mol. The number of rotatable bonds is 6. The molecule has 1 aliphatic carbocycles. The highest BCUT2D eigenvalue weighted by atomic mass is 32.2. The largest absolute Gasteiger partial charge is 0.298 e. The molecule has 0 aliphatic heterocycles. The van der Waals surface area contributed by atoms with Gasteiger partial charge in [0.1, 0.15) is 5.69 Å². The first kappa shape index (κ1) is 18.7. The van der Waals surface area contributed by atoms with Crippen LogP contribution in [0, 0.1) is 0 Å². The van der Waals surface area contributed by atoms with Gasteiger partial charge < -0.3 is 0 Å². The summed E-state index contributed by atoms with van der Waals surface area (Å²) >= 11 is 1.30. The number of carbonyl (C=O) groups excluding carboxylic acids is 1. The van der Waals surface area contributed by atoms with Gasteiger partial charge in [-0.05, 0) is 49.2 Å². The monoisotopic (exact) mass is 414 g/mol. The highest BCUT2D eigenvalue weighted by Crippen LogP contribution is 2.30. The fraction of sp³-hybridized carbons (Fsp3) is 0.211. The molecular formula is C19H18N4O3S2. The number of nitrogens with one attached hydrogen (secondary N) is 1. The molecule has 1 aromatic carbocycles. The first-order valence-corrected chi connectivity index (χ1v) is 11.0. The van der Waals surface area contributed by atoms with E-state index in [1.165, 1.54) is 39.9 Å². The number of benzene rings is 1. The van der Waals surface area contributed by atoms with E-state index < -0.39 is 10.0 Å². The molecule has 144 valence electrons. The summed E-state index contributed by atoms with van der Waals surface area (Å²) in [5.74, 6) is -0.346. The van der Waals surface area contributed by atoms with E-state index in [0.29, 0.717) is 16.4 Å². The van der Waals surface area contributed by atoms with Crippen LogP contribution in [0.25, 0.3) is 11.4 Å². The van der Waals surface area contributed by atoms with Gasteiger partial charge in [-0.1, -0.05) is 6.07 Å². The zero-order valence-corrected chi connectivity index (χ0v) is 16.7. The molecule has 0 unspecified atom stereocenters. The molecule has 28 heavy (non-hydrogen) atoms. The third-order valence-electron chi connectivity index (χ3n) is 4.51. The van der Waals surface area contributed by atoms with Crippen molar-refractivity contribution in [2.45, 2.75) is 23.8 Å². The summed E-state index contributed by atoms with van der Waals surface area (Å²) in [7, 11) is -1.93. The molecule has 1 N–H and O–H groups in total. The van der Waals surface area contributed by atoms with Crippen molar-refractivity contribution in [1.29, 1.82) is 0 Å². The Bertz CT molecular complexity index is 1090. The Kier molecular flexibility index (Phi) is 4.96. The van der Waals surface area contributed by atoms with E-state index in [1.54, 1.807) is 13.2 Å². The molecule has 1 amide bonds. The predicted molar refractivity (Wildman–Crippen MR) is 108 cm³/mol. The Hall–Kier alpha value is -2.62. The summed E-state index contributed by atoms with van der Waals surface area (Å²) in [4.78, 5) is 21.2. The van der Waals surface area contributed by atoms with Crippen LogP contribution in [0.3, 0.4) is 0 Å². The van der Waals surface area contributed by atoms with Gasteiger partial charge in [0.05, 0.1) is 10.6 Å². The Morgan fingerprint density at radius 1 is 1.14 bits per heavy atom. The maximum Gasteiger partial charge on any atom is 0.257 e. The van der Waals surface area contributed by atoms with E-state index >= 15 is 0 Å². The van der Waals surface area contributed by atoms with Crippen LogP contribution in [0.2, 0.25) is 0 Å². The SMILES string of the molecule is CN(C1CC1)S(=O)(=O)c1ccc(C(=O)Nc2nc(-c3ccccn3)cs2)cc1. The van der Waals surface area contributed by atoms with Gasteiger partial charge in [0.15, 0.2) is 5.13 Å². The van der Waals surface area contributed by atoms with Crippen molar-refractivity contribution in [2.75, 3.05) is 12.4 Å². The molecule has 1 aliphatic rings. The molecule has 2 aromatic heterocycles. The lowest BCUT2D eigenvalue weighted by molar-refractivity contribution is 0.102. The van der Waals surface area contributed by atoms with Crippen LogP contribution in [-0.2, 0) is 10.0 Å². The van der Waals surface area contributed by atoms with Crippen LogP contribution in [0.15, 0.2) is 58.9 Å². The standard InChI is InChI=1S/C19H18N4O3S2/c1-23(14-7-8-14)28(25,26)15-9-5-13(6-10-15)18(24)22-19-21-17(12-27-19)16-4-2-3-11-20-16/h2-6,9-12,14H,7-8H2,1H3,(H,21,22,24). The lowest BCUT2D eigenvalue weighted by atomic mass is 10.2. The third kappa shape index (κ3) is 3.82. The van der Waals surface area contributed by atoms with E-state index in [2.05, 4.69) is 15.3 Å². The number of pyridine rings is 1. The van der Waals surface area contributed by atoms with Crippen molar-refractivity contribution < 1.29 is 13.2 Å². The minimum absolute atomic E-state index is 0.0891. The summed E-state index contributed by atoms with van der Waals surface area (Å²) in [6.07, 6.45) is 3.47. The number of hydrogen-bond acceptors (Lipinski definition) is 6. The normalized spacial score (nSPS) is 14.2. The first-order chi connectivity index (χ1) is 13.4. The average molecular weight is 415 g/mol. The topological polar surface area (TPSA) is 92.3 Å². The van der Waals surface area contributed by atoms with Crippen molar-refractivity contribution in [2.24, 2.45) is 0 Å². The maximum atomic E-state index is 12.5. The number of hydrogen-bond donors (Lipinski definition) is 1. The van der Waals surface area contributed by atoms with Crippen LogP contribution in [0.4, 0.5) is 5.13 Å². The molecule has 3 aromatic rings. The van der Waals surface area contributed by atoms with Crippen molar-refractivity contribution in [3.63, 3.8) is 0 Å². The number of thiazole rings is 1. The minimum Gasteiger partial charge on any atom is -0.298 e. The molecule has 2 heterocycles. The molecule has 0 atom stereocenters. The summed E-state index contributed by atoms with van der Waals surface area (Å²) < 4.78 is 26.5. The van der Waals surface area contributed by atoms with Crippen molar-refractivity contribution in [1.82, 2.24) is 14.3 Å². The second kappa shape index (κ2) is 7.42. The van der Waals surface area contributed by atoms with Gasteiger partial charge in [0.25, 0.3) is 5.91 Å². The van der Waals surface area contributed by atoms with Crippen LogP contribution in [-0.4, -0.2) is 41.7 Å². The van der Waals surface area contributed by atoms with Gasteiger partial charge in [0.2, 0.25) is 10.0 Å². The van der Waals surface area contributed by atoms with E-state index in [-0.39, 0.29) is 16.8 Å². The summed E-state index contributed by atoms with van der Waals surface area (Å²) in [5, 5.41) is 5.01. The second-order valence-electron chi connectivity index (χ2n) is 6.48. The molecule has 0 spiro atoms. The Balaban J connectivity index is 1.46. The van der Waals surface area contributed by atoms with Crippen LogP contribution < -0.4 is 5.32 Å². The molecule has 1 saturated carbocycles. The minimum atomic E-state index is -3.52. The summed E-state index contributed by atoms with van der Waals surface area (Å²) in [6.45, 7) is 0. The number of anilines is 1. The zero-order chi connectivity index (χ0) is 19.7. The third-order valence-corrected chi connectivity index (χ3v) is 7.19. The van der Waals surface area contributed by atoms with E-state index in [9.17, 15) is 13.2 Å². The first-order valence-electron chi connectivity index (χ1n) is 8.71. The average Bonchev–Trinajstić information content (AvgIpc) is 3.46. The van der Waals surface area contributed by atoms with E-state index in [0.717, 1.165) is 18.5 Å². The summed E-state index contributed by atoms with van der Waals surface area (Å²) in [6, 6.07) is 11.6. The lowest BCUT2D eigenvalue weighted by Gasteiger charge is -2.16. The highest BCUT2D eigenvalue weighted by molar-refractivity contribution is 7.89. The number of nitrogens with zero attached hydrogens (tertiary/aromatic N) is 3. The molecule has 9 heteroatoms. The fourth-order valence-electron chi connectivity index (χ4n) is 2.71. The van der Waals surface area contributed by atoms with E-state index in [4.69, 9.17) is 0 Å². The van der Waals surface area contributed by atoms with Crippen molar-refractivity contribution in [3.05, 3.63) is 59.6 Å². The Morgan fingerprint density at radius 2 is 1.89 bits per heavy atom. The van der Waals surface area contributed by atoms with Gasteiger partial charge in [0, 0.05) is 30.2 Å². The highest BCUT2D eigenvalue weighted by Gasteiger charge is 2.35. The lowest BCUT2D eigenvalue weighted by Crippen LogP contribution is -2.29. The molecule has 0 saturated heterocycles. The number of sulfonamides is 1. The summed E-state index contributed by atoms with van der Waals surface area (Å²) in [5.41, 5.74) is 1.78. The Labute approximate surface area is 167 Å². The molecule has 0 bridgehead atoms. The fourth-order valence-corrected chi connectivity index (χ4v) is 4.83. The number of carbonyl (C=O) groups is 1. The van der Waals surface area contributed by atoms with E-state index in [1.807, 2.05) is 23.6 Å². The van der Waals surface area contributed by atoms with Gasteiger partial charge in [-0.25, -0.2) is 13.4 Å². The molecule has 4 rings (SSSR count). The molecule has 0 radical (unpaired) electrons. The van der Waals surface area contributed by atoms with Crippen molar-refractivity contribution in [3.8, 4) is 11.4 Å². The van der Waals surface area contributed by atoms with Gasteiger partial charge >= 0.3 is 0 Å². The predicted octanol–water partition coefficient (Wildman–Crippen LogP) is 3.24. The quantitative estimate of drug-likeness (QED) is 0.668. The van der Waals surface area contributed by atoms with Crippen LogP contribution in [0.1, 0.15) is 23.2 Å². The van der Waals surface area contributed by atoms with Crippen LogP contribution in [0.5, 0.6) is 0 Å². The Morgan fingerprint density at radius 3 is 2.54 bits per heavy atom. The molecule has 7 nitrogen and oxygen atoms in total. The maximum absolute atomic E-state index is 12.5.